The van der Waals surface area contributed by atoms with Crippen LogP contribution in [0.2, 0.25) is 5.02 Å². The van der Waals surface area contributed by atoms with Crippen molar-refractivity contribution in [3.63, 3.8) is 0 Å². The highest BCUT2D eigenvalue weighted by Crippen LogP contribution is 2.40. The van der Waals surface area contributed by atoms with E-state index in [9.17, 15) is 9.59 Å². The van der Waals surface area contributed by atoms with Gasteiger partial charge in [0, 0.05) is 0 Å². The number of anilines is 1. The Kier molecular flexibility index (Phi) is 7.95. The normalized spacial score (nSPS) is 14.8. The number of thiocarbonyl (C=S) groups is 1. The summed E-state index contributed by atoms with van der Waals surface area (Å²) in [6, 6.07) is 12.6. The molecule has 0 spiro atoms. The highest BCUT2D eigenvalue weighted by molar-refractivity contribution is 8.27. The minimum atomic E-state index is -0.505. The summed E-state index contributed by atoms with van der Waals surface area (Å²) in [5.74, 6) is -0.109. The fourth-order valence-electron chi connectivity index (χ4n) is 2.83. The van der Waals surface area contributed by atoms with Gasteiger partial charge in [-0.2, -0.15) is 0 Å². The number of hydrogen-bond acceptors (Lipinski definition) is 7. The average Bonchev–Trinajstić information content (AvgIpc) is 3.01. The van der Waals surface area contributed by atoms with Crippen molar-refractivity contribution >= 4 is 63.5 Å². The zero-order valence-electron chi connectivity index (χ0n) is 16.9. The molecule has 1 saturated heterocycles. The first kappa shape index (κ1) is 23.1. The van der Waals surface area contributed by atoms with E-state index in [1.165, 1.54) is 16.7 Å². The number of para-hydroxylation sites is 1. The quantitative estimate of drug-likeness (QED) is 0.298. The molecule has 0 radical (unpaired) electrons. The molecule has 1 fully saturated rings. The lowest BCUT2D eigenvalue weighted by Crippen LogP contribution is -2.27. The molecular formula is C22H20ClNO5S2. The van der Waals surface area contributed by atoms with Crippen LogP contribution in [-0.2, 0) is 14.3 Å². The smallest absolute Gasteiger partial charge is 0.344 e. The van der Waals surface area contributed by atoms with Crippen molar-refractivity contribution in [3.8, 4) is 11.5 Å². The molecule has 9 heteroatoms. The molecule has 0 bridgehead atoms. The van der Waals surface area contributed by atoms with E-state index < -0.39 is 5.97 Å². The summed E-state index contributed by atoms with van der Waals surface area (Å²) in [4.78, 5) is 26.5. The molecule has 1 heterocycles. The van der Waals surface area contributed by atoms with Crippen molar-refractivity contribution in [1.82, 2.24) is 0 Å². The van der Waals surface area contributed by atoms with E-state index in [0.29, 0.717) is 32.8 Å². The Labute approximate surface area is 195 Å². The largest absolute Gasteiger partial charge is 0.490 e. The number of hydrogen-bond donors (Lipinski definition) is 0. The first-order valence-electron chi connectivity index (χ1n) is 9.52. The monoisotopic (exact) mass is 477 g/mol. The fraction of sp³-hybridized carbons (Fsp3) is 0.227. The van der Waals surface area contributed by atoms with E-state index in [2.05, 4.69) is 0 Å². The number of esters is 1. The maximum atomic E-state index is 12.9. The Balaban J connectivity index is 1.87. The van der Waals surface area contributed by atoms with E-state index in [1.54, 1.807) is 25.1 Å². The van der Waals surface area contributed by atoms with Crippen LogP contribution in [0, 0.1) is 0 Å². The molecule has 1 aliphatic heterocycles. The van der Waals surface area contributed by atoms with Gasteiger partial charge in [-0.15, -0.1) is 0 Å². The number of ether oxygens (including phenoxy) is 3. The molecule has 1 amide bonds. The van der Waals surface area contributed by atoms with Crippen LogP contribution in [0.3, 0.4) is 0 Å². The zero-order chi connectivity index (χ0) is 22.4. The Bertz CT molecular complexity index is 1030. The summed E-state index contributed by atoms with van der Waals surface area (Å²) < 4.78 is 16.5. The molecule has 0 aliphatic carbocycles. The van der Waals surface area contributed by atoms with Crippen LogP contribution < -0.4 is 14.4 Å². The lowest BCUT2D eigenvalue weighted by Gasteiger charge is -2.14. The van der Waals surface area contributed by atoms with E-state index in [4.69, 9.17) is 38.0 Å². The lowest BCUT2D eigenvalue weighted by molar-refractivity contribution is -0.145. The van der Waals surface area contributed by atoms with Gasteiger partial charge >= 0.3 is 5.97 Å². The maximum Gasteiger partial charge on any atom is 0.344 e. The molecule has 0 aromatic heterocycles. The maximum absolute atomic E-state index is 12.9. The molecule has 0 saturated carbocycles. The van der Waals surface area contributed by atoms with E-state index in [-0.39, 0.29) is 29.9 Å². The minimum absolute atomic E-state index is 0.210. The second kappa shape index (κ2) is 10.7. The number of rotatable bonds is 8. The molecule has 0 atom stereocenters. The number of halogens is 1. The zero-order valence-corrected chi connectivity index (χ0v) is 19.3. The van der Waals surface area contributed by atoms with Gasteiger partial charge < -0.3 is 14.2 Å². The highest BCUT2D eigenvalue weighted by atomic mass is 35.5. The van der Waals surface area contributed by atoms with E-state index in [1.807, 2.05) is 37.3 Å². The van der Waals surface area contributed by atoms with Gasteiger partial charge in [0.1, 0.15) is 0 Å². The molecule has 1 aliphatic rings. The van der Waals surface area contributed by atoms with Crippen LogP contribution in [0.25, 0.3) is 6.08 Å². The summed E-state index contributed by atoms with van der Waals surface area (Å²) in [6.45, 7) is 3.87. The van der Waals surface area contributed by atoms with Gasteiger partial charge in [0.05, 0.1) is 28.8 Å². The molecule has 0 unspecified atom stereocenters. The van der Waals surface area contributed by atoms with Gasteiger partial charge in [-0.3, -0.25) is 9.69 Å². The first-order chi connectivity index (χ1) is 14.9. The predicted octanol–water partition coefficient (Wildman–Crippen LogP) is 5.09. The van der Waals surface area contributed by atoms with Gasteiger partial charge in [0.15, 0.2) is 22.4 Å². The molecule has 0 N–H and O–H groups in total. The molecule has 162 valence electrons. The number of nitrogens with zero attached hydrogens (tertiary/aromatic N) is 1. The molecular weight excluding hydrogens is 458 g/mol. The van der Waals surface area contributed by atoms with Gasteiger partial charge in [0.2, 0.25) is 0 Å². The van der Waals surface area contributed by atoms with Crippen molar-refractivity contribution in [1.29, 1.82) is 0 Å². The predicted molar refractivity (Wildman–Crippen MR) is 127 cm³/mol. The lowest BCUT2D eigenvalue weighted by atomic mass is 10.1. The van der Waals surface area contributed by atoms with E-state index >= 15 is 0 Å². The van der Waals surface area contributed by atoms with Crippen LogP contribution in [0.1, 0.15) is 19.4 Å². The third-order valence-electron chi connectivity index (χ3n) is 4.08. The van der Waals surface area contributed by atoms with Crippen LogP contribution in [0.15, 0.2) is 47.4 Å². The molecule has 6 nitrogen and oxygen atoms in total. The van der Waals surface area contributed by atoms with Crippen molar-refractivity contribution in [2.45, 2.75) is 13.8 Å². The number of amides is 1. The Morgan fingerprint density at radius 3 is 2.58 bits per heavy atom. The van der Waals surface area contributed by atoms with Crippen LogP contribution >= 0.6 is 35.6 Å². The molecule has 2 aromatic rings. The second-order valence-corrected chi connectivity index (χ2v) is 8.29. The first-order valence-corrected chi connectivity index (χ1v) is 11.1. The van der Waals surface area contributed by atoms with E-state index in [0.717, 1.165) is 0 Å². The van der Waals surface area contributed by atoms with Crippen molar-refractivity contribution in [2.24, 2.45) is 0 Å². The number of carbonyl (C=O) groups is 2. The topological polar surface area (TPSA) is 65.1 Å². The van der Waals surface area contributed by atoms with Gasteiger partial charge in [-0.05, 0) is 49.8 Å². The summed E-state index contributed by atoms with van der Waals surface area (Å²) in [7, 11) is 0. The van der Waals surface area contributed by atoms with Gasteiger partial charge in [-0.25, -0.2) is 4.79 Å². The van der Waals surface area contributed by atoms with Crippen LogP contribution in [0.5, 0.6) is 11.5 Å². The fourth-order valence-corrected chi connectivity index (χ4v) is 4.40. The highest BCUT2D eigenvalue weighted by Gasteiger charge is 2.33. The standard InChI is InChI=1S/C22H20ClNO5S2/c1-3-27-17-11-14(10-16(23)20(17)29-13-19(25)28-4-2)12-18-21(26)24(22(30)31-18)15-8-6-5-7-9-15/h5-12H,3-4,13H2,1-2H3/b18-12+. The summed E-state index contributed by atoms with van der Waals surface area (Å²) >= 11 is 13.0. The Hall–Kier alpha value is -2.55. The molecule has 31 heavy (non-hydrogen) atoms. The summed E-state index contributed by atoms with van der Waals surface area (Å²) in [5, 5.41) is 0.250. The Morgan fingerprint density at radius 2 is 1.90 bits per heavy atom. The molecule has 2 aromatic carbocycles. The number of thioether (sulfide) groups is 1. The Morgan fingerprint density at radius 1 is 1.16 bits per heavy atom. The number of benzene rings is 2. The average molecular weight is 478 g/mol. The van der Waals surface area contributed by atoms with Crippen LogP contribution in [-0.4, -0.2) is 36.0 Å². The van der Waals surface area contributed by atoms with Crippen LogP contribution in [0.4, 0.5) is 5.69 Å². The summed E-state index contributed by atoms with van der Waals surface area (Å²) in [5.41, 5.74) is 1.36. The number of carbonyl (C=O) groups excluding carboxylic acids is 2. The van der Waals surface area contributed by atoms with Crippen molar-refractivity contribution < 1.29 is 23.8 Å². The second-order valence-electron chi connectivity index (χ2n) is 6.21. The van der Waals surface area contributed by atoms with Gasteiger partial charge in [-0.1, -0.05) is 53.8 Å². The SMILES string of the molecule is CCOC(=O)COc1c(Cl)cc(/C=C2/SC(=S)N(c3ccccc3)C2=O)cc1OCC. The van der Waals surface area contributed by atoms with Gasteiger partial charge in [0.25, 0.3) is 5.91 Å². The van der Waals surface area contributed by atoms with Crippen molar-refractivity contribution in [2.75, 3.05) is 24.7 Å². The summed E-state index contributed by atoms with van der Waals surface area (Å²) in [6.07, 6.45) is 1.70. The van der Waals surface area contributed by atoms with Crippen molar-refractivity contribution in [3.05, 3.63) is 58.0 Å². The third-order valence-corrected chi connectivity index (χ3v) is 5.66. The minimum Gasteiger partial charge on any atom is -0.490 e. The molecule has 3 rings (SSSR count). The third kappa shape index (κ3) is 5.58.